The van der Waals surface area contributed by atoms with Gasteiger partial charge in [0, 0.05) is 18.0 Å². The third kappa shape index (κ3) is 3.57. The SMILES string of the molecule is CC(=O)N(c1ccccc1)c1nc(CN2C(=O)[C@@H](C)N(c3ccccc3)C2=O)cs1. The fourth-order valence-electron chi connectivity index (χ4n) is 3.43. The van der Waals surface area contributed by atoms with Crippen molar-refractivity contribution in [3.8, 4) is 0 Å². The van der Waals surface area contributed by atoms with Crippen LogP contribution in [0.5, 0.6) is 0 Å². The van der Waals surface area contributed by atoms with Gasteiger partial charge >= 0.3 is 6.03 Å². The first-order chi connectivity index (χ1) is 14.5. The minimum absolute atomic E-state index is 0.0579. The van der Waals surface area contributed by atoms with Crippen LogP contribution in [0.25, 0.3) is 0 Å². The van der Waals surface area contributed by atoms with Crippen molar-refractivity contribution in [2.45, 2.75) is 26.4 Å². The van der Waals surface area contributed by atoms with E-state index in [1.807, 2.05) is 48.5 Å². The van der Waals surface area contributed by atoms with Crippen LogP contribution in [0.2, 0.25) is 0 Å². The first kappa shape index (κ1) is 19.8. The molecule has 0 radical (unpaired) electrons. The Balaban J connectivity index is 1.57. The molecular formula is C22H20N4O3S. The van der Waals surface area contributed by atoms with Gasteiger partial charge in [0.05, 0.1) is 17.9 Å². The molecule has 0 unspecified atom stereocenters. The Morgan fingerprint density at radius 3 is 2.33 bits per heavy atom. The van der Waals surface area contributed by atoms with E-state index in [-0.39, 0.29) is 24.4 Å². The number of hydrogen-bond donors (Lipinski definition) is 0. The number of anilines is 3. The van der Waals surface area contributed by atoms with Crippen LogP contribution in [0.15, 0.2) is 66.0 Å². The van der Waals surface area contributed by atoms with Gasteiger partial charge < -0.3 is 0 Å². The molecule has 1 saturated heterocycles. The molecule has 1 atom stereocenters. The molecule has 30 heavy (non-hydrogen) atoms. The molecule has 0 saturated carbocycles. The van der Waals surface area contributed by atoms with Crippen molar-refractivity contribution in [3.63, 3.8) is 0 Å². The third-order valence-electron chi connectivity index (χ3n) is 4.86. The smallest absolute Gasteiger partial charge is 0.282 e. The van der Waals surface area contributed by atoms with Gasteiger partial charge in [0.25, 0.3) is 5.91 Å². The Kier molecular flexibility index (Phi) is 5.33. The number of nitrogens with zero attached hydrogens (tertiary/aromatic N) is 4. The van der Waals surface area contributed by atoms with E-state index in [1.54, 1.807) is 24.4 Å². The molecule has 4 rings (SSSR count). The number of benzene rings is 2. The van der Waals surface area contributed by atoms with Crippen LogP contribution in [0.3, 0.4) is 0 Å². The second-order valence-electron chi connectivity index (χ2n) is 6.90. The number of para-hydroxylation sites is 2. The van der Waals surface area contributed by atoms with Crippen LogP contribution in [0.1, 0.15) is 19.5 Å². The van der Waals surface area contributed by atoms with Crippen LogP contribution in [-0.4, -0.2) is 33.8 Å². The number of urea groups is 1. The van der Waals surface area contributed by atoms with Crippen LogP contribution in [0, 0.1) is 0 Å². The zero-order chi connectivity index (χ0) is 21.3. The van der Waals surface area contributed by atoms with Crippen LogP contribution in [0.4, 0.5) is 21.3 Å². The maximum atomic E-state index is 12.9. The van der Waals surface area contributed by atoms with Gasteiger partial charge in [-0.1, -0.05) is 36.4 Å². The molecule has 8 heteroatoms. The molecular weight excluding hydrogens is 400 g/mol. The van der Waals surface area contributed by atoms with Gasteiger partial charge in [0.2, 0.25) is 5.91 Å². The molecule has 3 aromatic rings. The minimum atomic E-state index is -0.587. The van der Waals surface area contributed by atoms with Crippen molar-refractivity contribution in [3.05, 3.63) is 71.7 Å². The standard InChI is InChI=1S/C22H20N4O3S/c1-15-20(28)24(22(29)25(15)18-9-5-3-6-10-18)13-17-14-30-21(23-17)26(16(2)27)19-11-7-4-8-12-19/h3-12,14-15H,13H2,1-2H3/t15-/m1/s1. The predicted octanol–water partition coefficient (Wildman–Crippen LogP) is 4.19. The number of hydrogen-bond acceptors (Lipinski definition) is 5. The maximum absolute atomic E-state index is 12.9. The average molecular weight is 420 g/mol. The second-order valence-corrected chi connectivity index (χ2v) is 7.74. The lowest BCUT2D eigenvalue weighted by Gasteiger charge is -2.19. The highest BCUT2D eigenvalue weighted by atomic mass is 32.1. The Hall–Kier alpha value is -3.52. The van der Waals surface area contributed by atoms with Crippen LogP contribution < -0.4 is 9.80 Å². The van der Waals surface area contributed by atoms with E-state index in [0.717, 1.165) is 0 Å². The first-order valence-corrected chi connectivity index (χ1v) is 10.3. The van der Waals surface area contributed by atoms with Gasteiger partial charge in [-0.25, -0.2) is 9.78 Å². The molecule has 1 fully saturated rings. The molecule has 1 aliphatic heterocycles. The second kappa shape index (κ2) is 8.08. The van der Waals surface area contributed by atoms with E-state index >= 15 is 0 Å². The minimum Gasteiger partial charge on any atom is -0.282 e. The number of rotatable bonds is 5. The molecule has 0 aliphatic carbocycles. The number of amides is 4. The molecule has 2 heterocycles. The molecule has 0 N–H and O–H groups in total. The topological polar surface area (TPSA) is 73.8 Å². The van der Waals surface area contributed by atoms with E-state index in [0.29, 0.717) is 22.2 Å². The number of carbonyl (C=O) groups is 3. The van der Waals surface area contributed by atoms with Gasteiger partial charge in [0.1, 0.15) is 6.04 Å². The van der Waals surface area contributed by atoms with Crippen molar-refractivity contribution in [2.75, 3.05) is 9.80 Å². The highest BCUT2D eigenvalue weighted by Gasteiger charge is 2.43. The Labute approximate surface area is 178 Å². The first-order valence-electron chi connectivity index (χ1n) is 9.47. The highest BCUT2D eigenvalue weighted by Crippen LogP contribution is 2.31. The van der Waals surface area contributed by atoms with E-state index in [9.17, 15) is 14.4 Å². The predicted molar refractivity (Wildman–Crippen MR) is 116 cm³/mol. The van der Waals surface area contributed by atoms with Gasteiger partial charge in [-0.2, -0.15) is 0 Å². The molecule has 0 bridgehead atoms. The lowest BCUT2D eigenvalue weighted by atomic mass is 10.2. The summed E-state index contributed by atoms with van der Waals surface area (Å²) >= 11 is 1.30. The summed E-state index contributed by atoms with van der Waals surface area (Å²) in [5.74, 6) is -0.441. The molecule has 4 amide bonds. The van der Waals surface area contributed by atoms with Crippen molar-refractivity contribution >= 4 is 45.7 Å². The Morgan fingerprint density at radius 2 is 1.70 bits per heavy atom. The zero-order valence-corrected chi connectivity index (χ0v) is 17.4. The van der Waals surface area contributed by atoms with E-state index in [1.165, 1.54) is 33.0 Å². The summed E-state index contributed by atoms with van der Waals surface area (Å²) in [6, 6.07) is 17.4. The fraction of sp³-hybridized carbons (Fsp3) is 0.182. The summed E-state index contributed by atoms with van der Waals surface area (Å²) in [7, 11) is 0. The summed E-state index contributed by atoms with van der Waals surface area (Å²) in [6.07, 6.45) is 0. The summed E-state index contributed by atoms with van der Waals surface area (Å²) in [5, 5.41) is 2.26. The lowest BCUT2D eigenvalue weighted by Crippen LogP contribution is -2.33. The Bertz CT molecular complexity index is 1080. The van der Waals surface area contributed by atoms with Crippen molar-refractivity contribution in [1.29, 1.82) is 0 Å². The fourth-order valence-corrected chi connectivity index (χ4v) is 4.31. The molecule has 1 aliphatic rings. The molecule has 0 spiro atoms. The van der Waals surface area contributed by atoms with Crippen molar-refractivity contribution in [1.82, 2.24) is 9.88 Å². The van der Waals surface area contributed by atoms with E-state index in [4.69, 9.17) is 0 Å². The van der Waals surface area contributed by atoms with Gasteiger partial charge in [0.15, 0.2) is 5.13 Å². The number of thiazole rings is 1. The number of aromatic nitrogens is 1. The number of imide groups is 1. The average Bonchev–Trinajstić information content (AvgIpc) is 3.28. The highest BCUT2D eigenvalue weighted by molar-refractivity contribution is 7.14. The van der Waals surface area contributed by atoms with Crippen LogP contribution >= 0.6 is 11.3 Å². The largest absolute Gasteiger partial charge is 0.332 e. The van der Waals surface area contributed by atoms with Crippen molar-refractivity contribution < 1.29 is 14.4 Å². The maximum Gasteiger partial charge on any atom is 0.332 e. The lowest BCUT2D eigenvalue weighted by molar-refractivity contribution is -0.127. The van der Waals surface area contributed by atoms with E-state index in [2.05, 4.69) is 4.98 Å². The summed E-state index contributed by atoms with van der Waals surface area (Å²) < 4.78 is 0. The van der Waals surface area contributed by atoms with E-state index < -0.39 is 6.04 Å². The molecule has 2 aromatic carbocycles. The Morgan fingerprint density at radius 1 is 1.07 bits per heavy atom. The molecule has 1 aromatic heterocycles. The third-order valence-corrected chi connectivity index (χ3v) is 5.74. The van der Waals surface area contributed by atoms with Crippen molar-refractivity contribution in [2.24, 2.45) is 0 Å². The summed E-state index contributed by atoms with van der Waals surface area (Å²) in [4.78, 5) is 46.6. The van der Waals surface area contributed by atoms with Gasteiger partial charge in [-0.05, 0) is 31.2 Å². The monoisotopic (exact) mass is 420 g/mol. The zero-order valence-electron chi connectivity index (χ0n) is 16.6. The number of carbonyl (C=O) groups excluding carboxylic acids is 3. The molecule has 7 nitrogen and oxygen atoms in total. The van der Waals surface area contributed by atoms with Crippen LogP contribution in [-0.2, 0) is 16.1 Å². The quantitative estimate of drug-likeness (QED) is 0.580. The van der Waals surface area contributed by atoms with Gasteiger partial charge in [-0.15, -0.1) is 11.3 Å². The van der Waals surface area contributed by atoms with Gasteiger partial charge in [-0.3, -0.25) is 24.3 Å². The molecule has 152 valence electrons. The summed E-state index contributed by atoms with van der Waals surface area (Å²) in [6.45, 7) is 3.25. The normalized spacial score (nSPS) is 16.3. The summed E-state index contributed by atoms with van der Waals surface area (Å²) in [5.41, 5.74) is 1.95.